The van der Waals surface area contributed by atoms with Gasteiger partial charge in [0.15, 0.2) is 0 Å². The van der Waals surface area contributed by atoms with E-state index in [4.69, 9.17) is 4.74 Å². The quantitative estimate of drug-likeness (QED) is 0.653. The van der Waals surface area contributed by atoms with E-state index in [2.05, 4.69) is 30.1 Å². The van der Waals surface area contributed by atoms with Gasteiger partial charge in [-0.25, -0.2) is 0 Å². The average molecular weight is 361 g/mol. The number of aliphatic hydroxyl groups is 1. The number of benzene rings is 2. The fourth-order valence-corrected chi connectivity index (χ4v) is 3.40. The van der Waals surface area contributed by atoms with Crippen LogP contribution in [0.2, 0.25) is 0 Å². The molecule has 3 nitrogen and oxygen atoms in total. The van der Waals surface area contributed by atoms with Crippen LogP contribution in [0, 0.1) is 20.8 Å². The first-order valence-corrected chi connectivity index (χ1v) is 9.38. The zero-order valence-electron chi connectivity index (χ0n) is 16.5. The van der Waals surface area contributed by atoms with Gasteiger partial charge in [-0.3, -0.25) is 4.98 Å². The van der Waals surface area contributed by atoms with Gasteiger partial charge in [-0.15, -0.1) is 0 Å². The Morgan fingerprint density at radius 3 is 2.37 bits per heavy atom. The van der Waals surface area contributed by atoms with Crippen molar-refractivity contribution in [2.75, 3.05) is 0 Å². The van der Waals surface area contributed by atoms with Crippen LogP contribution in [0.1, 0.15) is 47.0 Å². The number of hydrogen-bond acceptors (Lipinski definition) is 3. The maximum Gasteiger partial charge on any atom is 0.130 e. The lowest BCUT2D eigenvalue weighted by Crippen LogP contribution is -2.27. The Labute approximate surface area is 161 Å². The van der Waals surface area contributed by atoms with Gasteiger partial charge in [-0.2, -0.15) is 0 Å². The fraction of sp³-hybridized carbons (Fsp3) is 0.292. The van der Waals surface area contributed by atoms with Crippen LogP contribution in [0.5, 0.6) is 5.75 Å². The van der Waals surface area contributed by atoms with E-state index in [-0.39, 0.29) is 0 Å². The first-order chi connectivity index (χ1) is 12.9. The maximum absolute atomic E-state index is 11.4. The molecule has 0 saturated heterocycles. The largest absolute Gasteiger partial charge is 0.487 e. The van der Waals surface area contributed by atoms with E-state index in [1.54, 1.807) is 0 Å². The highest BCUT2D eigenvalue weighted by atomic mass is 16.5. The summed E-state index contributed by atoms with van der Waals surface area (Å²) in [6.45, 7) is 8.50. The Morgan fingerprint density at radius 2 is 1.70 bits per heavy atom. The van der Waals surface area contributed by atoms with Gasteiger partial charge in [0.1, 0.15) is 18.0 Å². The number of hydrogen-bond donors (Lipinski definition) is 1. The molecule has 1 N–H and O–H groups in total. The maximum atomic E-state index is 11.4. The average Bonchev–Trinajstić information content (AvgIpc) is 2.68. The zero-order chi connectivity index (χ0) is 19.4. The highest BCUT2D eigenvalue weighted by Gasteiger charge is 2.31. The van der Waals surface area contributed by atoms with Gasteiger partial charge < -0.3 is 9.84 Å². The number of rotatable bonds is 6. The Hall–Kier alpha value is -2.65. The highest BCUT2D eigenvalue weighted by molar-refractivity contribution is 5.43. The molecule has 3 rings (SSSR count). The van der Waals surface area contributed by atoms with Crippen LogP contribution < -0.4 is 4.74 Å². The molecular formula is C24H27NO2. The van der Waals surface area contributed by atoms with Crippen LogP contribution in [0.25, 0.3) is 0 Å². The second kappa shape index (κ2) is 7.93. The van der Waals surface area contributed by atoms with E-state index in [0.717, 1.165) is 39.4 Å². The molecule has 3 aromatic rings. The van der Waals surface area contributed by atoms with E-state index in [1.807, 2.05) is 63.2 Å². The smallest absolute Gasteiger partial charge is 0.130 e. The molecule has 0 aliphatic carbocycles. The van der Waals surface area contributed by atoms with Crippen LogP contribution in [0.4, 0.5) is 0 Å². The van der Waals surface area contributed by atoms with Crippen molar-refractivity contribution in [3.63, 3.8) is 0 Å². The zero-order valence-corrected chi connectivity index (χ0v) is 16.5. The van der Waals surface area contributed by atoms with Gasteiger partial charge in [0.25, 0.3) is 0 Å². The summed E-state index contributed by atoms with van der Waals surface area (Å²) in [7, 11) is 0. The standard InChI is InChI=1S/C24H27NO2/c1-5-24(26,23-15-17(2)9-10-18(23)3)20-11-13-22(14-12-20)27-16-21-8-6-7-19(4)25-21/h6-15,26H,5,16H2,1-4H3. The molecule has 0 saturated carbocycles. The SMILES string of the molecule is CCC(O)(c1ccc(OCc2cccc(C)n2)cc1)c1cc(C)ccc1C. The topological polar surface area (TPSA) is 42.4 Å². The monoisotopic (exact) mass is 361 g/mol. The molecule has 0 radical (unpaired) electrons. The van der Waals surface area contributed by atoms with Crippen LogP contribution in [0.15, 0.2) is 60.7 Å². The van der Waals surface area contributed by atoms with E-state index >= 15 is 0 Å². The lowest BCUT2D eigenvalue weighted by atomic mass is 9.81. The summed E-state index contributed by atoms with van der Waals surface area (Å²) < 4.78 is 5.85. The Bertz CT molecular complexity index is 918. The number of aryl methyl sites for hydroxylation is 3. The molecular weight excluding hydrogens is 334 g/mol. The minimum atomic E-state index is -1.01. The van der Waals surface area contributed by atoms with Crippen LogP contribution in [0.3, 0.4) is 0 Å². The van der Waals surface area contributed by atoms with E-state index in [1.165, 1.54) is 0 Å². The van der Waals surface area contributed by atoms with Gasteiger partial charge in [0, 0.05) is 5.69 Å². The Morgan fingerprint density at radius 1 is 0.963 bits per heavy atom. The first kappa shape index (κ1) is 19.1. The fourth-order valence-electron chi connectivity index (χ4n) is 3.40. The van der Waals surface area contributed by atoms with Gasteiger partial charge >= 0.3 is 0 Å². The van der Waals surface area contributed by atoms with E-state index < -0.39 is 5.60 Å². The van der Waals surface area contributed by atoms with Crippen molar-refractivity contribution in [2.24, 2.45) is 0 Å². The van der Waals surface area contributed by atoms with Gasteiger partial charge in [-0.1, -0.05) is 48.9 Å². The molecule has 0 aliphatic rings. The number of pyridine rings is 1. The molecule has 0 bridgehead atoms. The molecule has 0 fully saturated rings. The van der Waals surface area contributed by atoms with Crippen LogP contribution >= 0.6 is 0 Å². The third kappa shape index (κ3) is 4.20. The van der Waals surface area contributed by atoms with Crippen molar-refractivity contribution < 1.29 is 9.84 Å². The molecule has 0 spiro atoms. The minimum absolute atomic E-state index is 0.427. The summed E-state index contributed by atoms with van der Waals surface area (Å²) in [6.07, 6.45) is 0.602. The second-order valence-corrected chi connectivity index (χ2v) is 7.12. The number of ether oxygens (including phenoxy) is 1. The minimum Gasteiger partial charge on any atom is -0.487 e. The Kier molecular flexibility index (Phi) is 5.62. The molecule has 3 heteroatoms. The normalized spacial score (nSPS) is 13.2. The molecule has 140 valence electrons. The van der Waals surface area contributed by atoms with Crippen molar-refractivity contribution in [2.45, 2.75) is 46.3 Å². The molecule has 1 unspecified atom stereocenters. The van der Waals surface area contributed by atoms with Crippen LogP contribution in [-0.4, -0.2) is 10.1 Å². The molecule has 2 aromatic carbocycles. The van der Waals surface area contributed by atoms with E-state index in [9.17, 15) is 5.11 Å². The molecule has 0 aliphatic heterocycles. The molecule has 1 aromatic heterocycles. The number of nitrogens with zero attached hydrogens (tertiary/aromatic N) is 1. The van der Waals surface area contributed by atoms with Gasteiger partial charge in [0.05, 0.1) is 5.69 Å². The van der Waals surface area contributed by atoms with Crippen molar-refractivity contribution in [3.8, 4) is 5.75 Å². The van der Waals surface area contributed by atoms with Crippen molar-refractivity contribution in [1.82, 2.24) is 4.98 Å². The summed E-state index contributed by atoms with van der Waals surface area (Å²) in [5.41, 5.74) is 4.95. The summed E-state index contributed by atoms with van der Waals surface area (Å²) in [4.78, 5) is 4.45. The third-order valence-corrected chi connectivity index (χ3v) is 5.01. The van der Waals surface area contributed by atoms with Gasteiger partial charge in [-0.05, 0) is 68.1 Å². The first-order valence-electron chi connectivity index (χ1n) is 9.38. The van der Waals surface area contributed by atoms with Crippen LogP contribution in [-0.2, 0) is 12.2 Å². The second-order valence-electron chi connectivity index (χ2n) is 7.12. The summed E-state index contributed by atoms with van der Waals surface area (Å²) in [5.74, 6) is 0.765. The Balaban J connectivity index is 1.81. The predicted molar refractivity (Wildman–Crippen MR) is 109 cm³/mol. The van der Waals surface area contributed by atoms with Crippen molar-refractivity contribution in [1.29, 1.82) is 0 Å². The highest BCUT2D eigenvalue weighted by Crippen LogP contribution is 2.36. The number of aromatic nitrogens is 1. The van der Waals surface area contributed by atoms with E-state index in [0.29, 0.717) is 13.0 Å². The lowest BCUT2D eigenvalue weighted by Gasteiger charge is -2.30. The summed E-state index contributed by atoms with van der Waals surface area (Å²) >= 11 is 0. The third-order valence-electron chi connectivity index (χ3n) is 5.01. The molecule has 0 amide bonds. The van der Waals surface area contributed by atoms with Gasteiger partial charge in [0.2, 0.25) is 0 Å². The summed E-state index contributed by atoms with van der Waals surface area (Å²) in [5, 5.41) is 11.4. The lowest BCUT2D eigenvalue weighted by molar-refractivity contribution is 0.0757. The molecule has 27 heavy (non-hydrogen) atoms. The van der Waals surface area contributed by atoms with Crippen molar-refractivity contribution >= 4 is 0 Å². The molecule has 1 atom stereocenters. The molecule has 1 heterocycles. The summed E-state index contributed by atoms with van der Waals surface area (Å²) in [6, 6.07) is 19.8. The predicted octanol–water partition coefficient (Wildman–Crippen LogP) is 5.23. The van der Waals surface area contributed by atoms with Crippen molar-refractivity contribution in [3.05, 3.63) is 94.3 Å².